The molecule has 134 valence electrons. The average molecular weight is 334 g/mol. The van der Waals surface area contributed by atoms with Crippen LogP contribution in [0.5, 0.6) is 0 Å². The highest BCUT2D eigenvalue weighted by molar-refractivity contribution is 5.99. The number of amides is 1. The minimum atomic E-state index is -0.506. The third kappa shape index (κ3) is 4.10. The molecule has 2 N–H and O–H groups in total. The summed E-state index contributed by atoms with van der Waals surface area (Å²) in [5.41, 5.74) is 0. The van der Waals surface area contributed by atoms with E-state index in [1.54, 1.807) is 6.11 Å². The Morgan fingerprint density at radius 1 is 1.33 bits per heavy atom. The Bertz CT molecular complexity index is 522. The van der Waals surface area contributed by atoms with Gasteiger partial charge in [-0.25, -0.2) is 0 Å². The van der Waals surface area contributed by atoms with E-state index in [4.69, 9.17) is 5.11 Å². The van der Waals surface area contributed by atoms with Gasteiger partial charge in [0.25, 0.3) is 0 Å². The number of Topliss-reactive ketones (excluding diaryl/α,β-unsaturated/α-hetero) is 1. The van der Waals surface area contributed by atoms with E-state index in [-0.39, 0.29) is 17.7 Å². The molecule has 5 heteroatoms. The maximum absolute atomic E-state index is 13.0. The van der Waals surface area contributed by atoms with Crippen LogP contribution >= 0.6 is 0 Å². The molecule has 1 amide bonds. The fraction of sp³-hybridized carbons (Fsp3) is 0.789. The van der Waals surface area contributed by atoms with Gasteiger partial charge in [0.05, 0.1) is 12.1 Å². The van der Waals surface area contributed by atoms with Crippen LogP contribution < -0.4 is 5.32 Å². The highest BCUT2D eigenvalue weighted by atomic mass is 16.2. The van der Waals surface area contributed by atoms with Crippen molar-refractivity contribution in [2.45, 2.75) is 89.9 Å². The number of hydrogen-bond donors (Lipinski definition) is 2. The lowest BCUT2D eigenvalue weighted by molar-refractivity contribution is -0.136. The Morgan fingerprint density at radius 2 is 2.04 bits per heavy atom. The Kier molecular flexibility index (Phi) is 6.68. The van der Waals surface area contributed by atoms with E-state index in [1.807, 2.05) is 13.8 Å². The van der Waals surface area contributed by atoms with Gasteiger partial charge in [0.15, 0.2) is 0 Å². The molecule has 0 aromatic carbocycles. The quantitative estimate of drug-likeness (QED) is 0.731. The SMILES string of the molecule is CCC[C@H](N[C@@H](C)C(=O)N1[C@H](C)C[C@@H]2CCCC[C@@H]21)C(=O)C#CO. The molecule has 0 spiro atoms. The number of carbonyl (C=O) groups excluding carboxylic acids is 2. The van der Waals surface area contributed by atoms with Crippen molar-refractivity contribution in [1.29, 1.82) is 0 Å². The van der Waals surface area contributed by atoms with Crippen molar-refractivity contribution in [2.75, 3.05) is 0 Å². The van der Waals surface area contributed by atoms with Crippen LogP contribution in [0.3, 0.4) is 0 Å². The van der Waals surface area contributed by atoms with E-state index in [0.717, 1.165) is 19.3 Å². The summed E-state index contributed by atoms with van der Waals surface area (Å²) in [6.45, 7) is 5.94. The topological polar surface area (TPSA) is 69.6 Å². The van der Waals surface area contributed by atoms with Crippen molar-refractivity contribution in [3.05, 3.63) is 0 Å². The monoisotopic (exact) mass is 334 g/mol. The van der Waals surface area contributed by atoms with E-state index in [2.05, 4.69) is 23.1 Å². The van der Waals surface area contributed by atoms with Crippen molar-refractivity contribution in [2.24, 2.45) is 5.92 Å². The van der Waals surface area contributed by atoms with Crippen LogP contribution in [0.25, 0.3) is 0 Å². The summed E-state index contributed by atoms with van der Waals surface area (Å²) in [5.74, 6) is 2.54. The van der Waals surface area contributed by atoms with Crippen molar-refractivity contribution < 1.29 is 14.7 Å². The first kappa shape index (κ1) is 18.8. The lowest BCUT2D eigenvalue weighted by Crippen LogP contribution is -2.53. The molecule has 1 aliphatic heterocycles. The Labute approximate surface area is 145 Å². The van der Waals surface area contributed by atoms with Gasteiger partial charge in [0.2, 0.25) is 11.7 Å². The van der Waals surface area contributed by atoms with Crippen LogP contribution in [-0.2, 0) is 9.59 Å². The smallest absolute Gasteiger partial charge is 0.239 e. The Balaban J connectivity index is 2.04. The number of ketones is 1. The molecule has 24 heavy (non-hydrogen) atoms. The van der Waals surface area contributed by atoms with Gasteiger partial charge in [-0.1, -0.05) is 26.2 Å². The van der Waals surface area contributed by atoms with Crippen LogP contribution in [0, 0.1) is 17.9 Å². The fourth-order valence-corrected chi connectivity index (χ4v) is 4.41. The molecular formula is C19H30N2O3. The van der Waals surface area contributed by atoms with Crippen LogP contribution in [0.1, 0.15) is 65.7 Å². The molecule has 2 rings (SSSR count). The maximum Gasteiger partial charge on any atom is 0.239 e. The number of nitrogens with one attached hydrogen (secondary N) is 1. The first-order valence-corrected chi connectivity index (χ1v) is 9.26. The Hall–Kier alpha value is -1.54. The van der Waals surface area contributed by atoms with Crippen LogP contribution in [-0.4, -0.2) is 45.9 Å². The Morgan fingerprint density at radius 3 is 2.71 bits per heavy atom. The number of aliphatic hydroxyl groups excluding tert-OH is 1. The number of fused-ring (bicyclic) bond motifs is 1. The molecule has 5 atom stereocenters. The average Bonchev–Trinajstić information content (AvgIpc) is 2.89. The second kappa shape index (κ2) is 8.53. The zero-order chi connectivity index (χ0) is 17.7. The third-order valence-electron chi connectivity index (χ3n) is 5.49. The molecular weight excluding hydrogens is 304 g/mol. The molecule has 1 aliphatic carbocycles. The molecule has 5 nitrogen and oxygen atoms in total. The summed E-state index contributed by atoms with van der Waals surface area (Å²) in [5, 5.41) is 11.8. The van der Waals surface area contributed by atoms with Crippen LogP contribution in [0.4, 0.5) is 0 Å². The summed E-state index contributed by atoms with van der Waals surface area (Å²) in [4.78, 5) is 27.0. The number of carbonyl (C=O) groups is 2. The molecule has 0 aromatic heterocycles. The third-order valence-corrected chi connectivity index (χ3v) is 5.49. The lowest BCUT2D eigenvalue weighted by Gasteiger charge is -2.35. The number of rotatable bonds is 6. The van der Waals surface area contributed by atoms with Gasteiger partial charge in [0, 0.05) is 18.0 Å². The summed E-state index contributed by atoms with van der Waals surface area (Å²) in [7, 11) is 0. The molecule has 2 fully saturated rings. The summed E-state index contributed by atoms with van der Waals surface area (Å²) < 4.78 is 0. The van der Waals surface area contributed by atoms with E-state index in [9.17, 15) is 9.59 Å². The van der Waals surface area contributed by atoms with Crippen molar-refractivity contribution >= 4 is 11.7 Å². The van der Waals surface area contributed by atoms with Gasteiger partial charge in [0.1, 0.15) is 6.11 Å². The number of nitrogens with zero attached hydrogens (tertiary/aromatic N) is 1. The largest absolute Gasteiger partial charge is 0.462 e. The molecule has 0 aromatic rings. The maximum atomic E-state index is 13.0. The van der Waals surface area contributed by atoms with E-state index >= 15 is 0 Å². The van der Waals surface area contributed by atoms with Gasteiger partial charge in [-0.2, -0.15) is 0 Å². The first-order chi connectivity index (χ1) is 11.5. The minimum absolute atomic E-state index is 0.0859. The van der Waals surface area contributed by atoms with E-state index in [1.165, 1.54) is 19.3 Å². The predicted molar refractivity (Wildman–Crippen MR) is 92.7 cm³/mol. The molecule has 1 saturated heterocycles. The van der Waals surface area contributed by atoms with Crippen molar-refractivity contribution in [3.8, 4) is 12.0 Å². The predicted octanol–water partition coefficient (Wildman–Crippen LogP) is 2.22. The summed E-state index contributed by atoms with van der Waals surface area (Å²) in [6.07, 6.45) is 8.97. The van der Waals surface area contributed by atoms with Gasteiger partial charge in [-0.3, -0.25) is 14.9 Å². The normalized spacial score (nSPS) is 28.5. The highest BCUT2D eigenvalue weighted by Gasteiger charge is 2.43. The van der Waals surface area contributed by atoms with Gasteiger partial charge >= 0.3 is 0 Å². The zero-order valence-corrected chi connectivity index (χ0v) is 15.0. The molecule has 0 radical (unpaired) electrons. The van der Waals surface area contributed by atoms with E-state index in [0.29, 0.717) is 18.4 Å². The second-order valence-corrected chi connectivity index (χ2v) is 7.27. The van der Waals surface area contributed by atoms with Crippen LogP contribution in [0.15, 0.2) is 0 Å². The summed E-state index contributed by atoms with van der Waals surface area (Å²) in [6, 6.07) is -0.293. The highest BCUT2D eigenvalue weighted by Crippen LogP contribution is 2.39. The van der Waals surface area contributed by atoms with Gasteiger partial charge in [-0.15, -0.1) is 0 Å². The van der Waals surface area contributed by atoms with Crippen molar-refractivity contribution in [3.63, 3.8) is 0 Å². The van der Waals surface area contributed by atoms with Gasteiger partial charge < -0.3 is 10.0 Å². The number of hydrogen-bond acceptors (Lipinski definition) is 4. The van der Waals surface area contributed by atoms with Gasteiger partial charge in [-0.05, 0) is 45.4 Å². The molecule has 2 aliphatic rings. The molecule has 1 heterocycles. The second-order valence-electron chi connectivity index (χ2n) is 7.27. The summed E-state index contributed by atoms with van der Waals surface area (Å²) >= 11 is 0. The standard InChI is InChI=1S/C19H30N2O3/c1-4-7-16(18(23)10-11-22)20-14(3)19(24)21-13(2)12-15-8-5-6-9-17(15)21/h13-17,20,22H,4-9,12H2,1-3H3/t13-,14+,15+,16+,17+/m1/s1. The van der Waals surface area contributed by atoms with Crippen LogP contribution in [0.2, 0.25) is 0 Å². The zero-order valence-electron chi connectivity index (χ0n) is 15.0. The molecule has 0 bridgehead atoms. The fourth-order valence-electron chi connectivity index (χ4n) is 4.41. The number of aliphatic hydroxyl groups is 1. The molecule has 0 unspecified atom stereocenters. The lowest BCUT2D eigenvalue weighted by atomic mass is 9.85. The van der Waals surface area contributed by atoms with Crippen molar-refractivity contribution in [1.82, 2.24) is 10.2 Å². The number of likely N-dealkylation sites (tertiary alicyclic amines) is 1. The van der Waals surface area contributed by atoms with E-state index < -0.39 is 12.1 Å². The first-order valence-electron chi connectivity index (χ1n) is 9.26. The molecule has 1 saturated carbocycles. The minimum Gasteiger partial charge on any atom is -0.462 e.